The first-order valence-electron chi connectivity index (χ1n) is 7.24. The summed E-state index contributed by atoms with van der Waals surface area (Å²) in [5.41, 5.74) is 0. The minimum atomic E-state index is 0.0438. The van der Waals surface area contributed by atoms with Crippen LogP contribution in [0.15, 0.2) is 0 Å². The molecule has 0 bridgehead atoms. The fourth-order valence-corrected chi connectivity index (χ4v) is 2.57. The molecule has 0 heterocycles. The molecule has 0 aromatic heterocycles. The zero-order valence-corrected chi connectivity index (χ0v) is 11.6. The molecule has 1 aliphatic carbocycles. The molecule has 0 saturated heterocycles. The van der Waals surface area contributed by atoms with Crippen LogP contribution >= 0.6 is 0 Å². The van der Waals surface area contributed by atoms with Crippen LogP contribution in [0.5, 0.6) is 0 Å². The van der Waals surface area contributed by atoms with Crippen LogP contribution in [0.25, 0.3) is 0 Å². The molecule has 0 aromatic rings. The molecule has 0 unspecified atom stereocenters. The normalized spacial score (nSPS) is 16.8. The lowest BCUT2D eigenvalue weighted by Crippen LogP contribution is -2.35. The van der Waals surface area contributed by atoms with Crippen molar-refractivity contribution in [1.29, 1.82) is 0 Å². The van der Waals surface area contributed by atoms with Crippen molar-refractivity contribution in [2.45, 2.75) is 45.4 Å². The Kier molecular flexibility index (Phi) is 8.01. The predicted molar refractivity (Wildman–Crippen MR) is 71.4 cm³/mol. The van der Waals surface area contributed by atoms with Crippen molar-refractivity contribution in [2.75, 3.05) is 32.9 Å². The van der Waals surface area contributed by atoms with Crippen LogP contribution in [-0.2, 0) is 9.53 Å². The lowest BCUT2D eigenvalue weighted by atomic mass is 9.86. The molecule has 1 aliphatic rings. The van der Waals surface area contributed by atoms with E-state index in [0.29, 0.717) is 32.1 Å². The summed E-state index contributed by atoms with van der Waals surface area (Å²) in [6, 6.07) is 0. The van der Waals surface area contributed by atoms with Crippen LogP contribution in [0.2, 0.25) is 0 Å². The van der Waals surface area contributed by atoms with Crippen molar-refractivity contribution >= 4 is 5.91 Å². The van der Waals surface area contributed by atoms with Crippen molar-refractivity contribution in [1.82, 2.24) is 4.90 Å². The van der Waals surface area contributed by atoms with E-state index in [0.717, 1.165) is 6.54 Å². The van der Waals surface area contributed by atoms with Crippen molar-refractivity contribution in [3.8, 4) is 0 Å². The first-order valence-corrected chi connectivity index (χ1v) is 7.24. The number of rotatable bonds is 8. The maximum Gasteiger partial charge on any atom is 0.222 e. The highest BCUT2D eigenvalue weighted by Crippen LogP contribution is 2.26. The molecule has 106 valence electrons. The van der Waals surface area contributed by atoms with E-state index < -0.39 is 0 Å². The van der Waals surface area contributed by atoms with Gasteiger partial charge in [0.2, 0.25) is 5.91 Å². The van der Waals surface area contributed by atoms with Gasteiger partial charge in [0.1, 0.15) is 0 Å². The molecule has 0 aromatic carbocycles. The van der Waals surface area contributed by atoms with Crippen LogP contribution < -0.4 is 0 Å². The second-order valence-corrected chi connectivity index (χ2v) is 5.02. The van der Waals surface area contributed by atoms with Crippen molar-refractivity contribution in [3.63, 3.8) is 0 Å². The molecule has 4 heteroatoms. The SMILES string of the molecule is CCN(CCOCCO)C(=O)CC1CCCCC1. The maximum absolute atomic E-state index is 12.1. The van der Waals surface area contributed by atoms with Gasteiger partial charge in [-0.05, 0) is 25.7 Å². The lowest BCUT2D eigenvalue weighted by molar-refractivity contribution is -0.133. The first kappa shape index (κ1) is 15.4. The van der Waals surface area contributed by atoms with E-state index in [-0.39, 0.29) is 12.5 Å². The zero-order valence-electron chi connectivity index (χ0n) is 11.6. The van der Waals surface area contributed by atoms with Crippen LogP contribution in [-0.4, -0.2) is 48.8 Å². The van der Waals surface area contributed by atoms with Crippen molar-refractivity contribution < 1.29 is 14.6 Å². The van der Waals surface area contributed by atoms with Gasteiger partial charge in [-0.15, -0.1) is 0 Å². The highest BCUT2D eigenvalue weighted by molar-refractivity contribution is 5.76. The quantitative estimate of drug-likeness (QED) is 0.675. The number of hydrogen-bond acceptors (Lipinski definition) is 3. The molecule has 1 amide bonds. The second-order valence-electron chi connectivity index (χ2n) is 5.02. The molecule has 0 aliphatic heterocycles. The number of carbonyl (C=O) groups is 1. The Hall–Kier alpha value is -0.610. The van der Waals surface area contributed by atoms with Gasteiger partial charge in [0.25, 0.3) is 0 Å². The molecule has 0 atom stereocenters. The summed E-state index contributed by atoms with van der Waals surface area (Å²) in [4.78, 5) is 14.0. The third kappa shape index (κ3) is 5.83. The molecule has 0 spiro atoms. The minimum Gasteiger partial charge on any atom is -0.394 e. The third-order valence-electron chi connectivity index (χ3n) is 3.66. The van der Waals surface area contributed by atoms with Crippen molar-refractivity contribution in [2.24, 2.45) is 5.92 Å². The second kappa shape index (κ2) is 9.34. The Morgan fingerprint density at radius 1 is 1.28 bits per heavy atom. The summed E-state index contributed by atoms with van der Waals surface area (Å²) in [7, 11) is 0. The van der Waals surface area contributed by atoms with Gasteiger partial charge >= 0.3 is 0 Å². The fourth-order valence-electron chi connectivity index (χ4n) is 2.57. The minimum absolute atomic E-state index is 0.0438. The average molecular weight is 257 g/mol. The number of hydrogen-bond donors (Lipinski definition) is 1. The number of nitrogens with zero attached hydrogens (tertiary/aromatic N) is 1. The molecule has 18 heavy (non-hydrogen) atoms. The standard InChI is InChI=1S/C14H27NO3/c1-2-15(8-10-18-11-9-16)14(17)12-13-6-4-3-5-7-13/h13,16H,2-12H2,1H3. The Morgan fingerprint density at radius 3 is 2.61 bits per heavy atom. The fraction of sp³-hybridized carbons (Fsp3) is 0.929. The Bertz CT molecular complexity index is 227. The summed E-state index contributed by atoms with van der Waals surface area (Å²) >= 11 is 0. The van der Waals surface area contributed by atoms with Gasteiger partial charge in [-0.1, -0.05) is 19.3 Å². The monoisotopic (exact) mass is 257 g/mol. The van der Waals surface area contributed by atoms with E-state index in [1.54, 1.807) is 0 Å². The van der Waals surface area contributed by atoms with Gasteiger partial charge < -0.3 is 14.7 Å². The van der Waals surface area contributed by atoms with E-state index in [1.807, 2.05) is 11.8 Å². The molecule has 4 nitrogen and oxygen atoms in total. The number of amides is 1. The average Bonchev–Trinajstić information content (AvgIpc) is 2.40. The van der Waals surface area contributed by atoms with Crippen LogP contribution in [0.3, 0.4) is 0 Å². The van der Waals surface area contributed by atoms with Gasteiger partial charge in [-0.3, -0.25) is 4.79 Å². The highest BCUT2D eigenvalue weighted by atomic mass is 16.5. The van der Waals surface area contributed by atoms with E-state index in [2.05, 4.69) is 0 Å². The number of ether oxygens (including phenoxy) is 1. The topological polar surface area (TPSA) is 49.8 Å². The molecular weight excluding hydrogens is 230 g/mol. The highest BCUT2D eigenvalue weighted by Gasteiger charge is 2.20. The van der Waals surface area contributed by atoms with E-state index in [4.69, 9.17) is 9.84 Å². The molecule has 1 N–H and O–H groups in total. The summed E-state index contributed by atoms with van der Waals surface area (Å²) in [5.74, 6) is 0.857. The summed E-state index contributed by atoms with van der Waals surface area (Å²) in [5, 5.41) is 8.61. The first-order chi connectivity index (χ1) is 8.77. The third-order valence-corrected chi connectivity index (χ3v) is 3.66. The Labute approximate surface area is 110 Å². The Balaban J connectivity index is 2.22. The molecule has 1 rings (SSSR count). The van der Waals surface area contributed by atoms with Crippen LogP contribution in [0.1, 0.15) is 45.4 Å². The van der Waals surface area contributed by atoms with Gasteiger partial charge in [-0.2, -0.15) is 0 Å². The van der Waals surface area contributed by atoms with Gasteiger partial charge in [0.05, 0.1) is 19.8 Å². The lowest BCUT2D eigenvalue weighted by Gasteiger charge is -2.26. The predicted octanol–water partition coefficient (Wildman–Crippen LogP) is 1.81. The molecule has 0 radical (unpaired) electrons. The molecular formula is C14H27NO3. The smallest absolute Gasteiger partial charge is 0.222 e. The number of likely N-dealkylation sites (N-methyl/N-ethyl adjacent to an activating group) is 1. The number of aliphatic hydroxyl groups is 1. The largest absolute Gasteiger partial charge is 0.394 e. The van der Waals surface area contributed by atoms with Gasteiger partial charge in [0.15, 0.2) is 0 Å². The van der Waals surface area contributed by atoms with Gasteiger partial charge in [0, 0.05) is 19.5 Å². The van der Waals surface area contributed by atoms with E-state index >= 15 is 0 Å². The Morgan fingerprint density at radius 2 is 2.00 bits per heavy atom. The van der Waals surface area contributed by atoms with E-state index in [9.17, 15) is 4.79 Å². The molecule has 1 saturated carbocycles. The number of aliphatic hydroxyl groups excluding tert-OH is 1. The van der Waals surface area contributed by atoms with Gasteiger partial charge in [-0.25, -0.2) is 0 Å². The summed E-state index contributed by atoms with van der Waals surface area (Å²) in [6.45, 7) is 4.31. The zero-order chi connectivity index (χ0) is 13.2. The van der Waals surface area contributed by atoms with Crippen LogP contribution in [0.4, 0.5) is 0 Å². The summed E-state index contributed by atoms with van der Waals surface area (Å²) in [6.07, 6.45) is 7.02. The number of carbonyl (C=O) groups excluding carboxylic acids is 1. The summed E-state index contributed by atoms with van der Waals surface area (Å²) < 4.78 is 5.21. The maximum atomic E-state index is 12.1. The van der Waals surface area contributed by atoms with Crippen LogP contribution in [0, 0.1) is 5.92 Å². The van der Waals surface area contributed by atoms with Crippen molar-refractivity contribution in [3.05, 3.63) is 0 Å². The van der Waals surface area contributed by atoms with E-state index in [1.165, 1.54) is 32.1 Å². The molecule has 1 fully saturated rings.